The van der Waals surface area contributed by atoms with Gasteiger partial charge in [0.15, 0.2) is 11.5 Å². The fraction of sp³-hybridized carbons (Fsp3) is 0.200. The van der Waals surface area contributed by atoms with Crippen molar-refractivity contribution in [3.63, 3.8) is 0 Å². The van der Waals surface area contributed by atoms with E-state index in [0.29, 0.717) is 5.82 Å². The van der Waals surface area contributed by atoms with Crippen LogP contribution in [0, 0.1) is 13.8 Å². The van der Waals surface area contributed by atoms with E-state index in [2.05, 4.69) is 15.5 Å². The summed E-state index contributed by atoms with van der Waals surface area (Å²) in [6.45, 7) is 4.09. The first-order valence-corrected chi connectivity index (χ1v) is 8.52. The van der Waals surface area contributed by atoms with E-state index in [1.165, 1.54) is 4.68 Å². The van der Waals surface area contributed by atoms with Crippen molar-refractivity contribution < 1.29 is 14.3 Å². The molecule has 0 fully saturated rings. The zero-order valence-corrected chi connectivity index (χ0v) is 15.2. The molecule has 7 heteroatoms. The first kappa shape index (κ1) is 18.3. The summed E-state index contributed by atoms with van der Waals surface area (Å²) in [5.74, 6) is 0.694. The Morgan fingerprint density at radius 2 is 1.78 bits per heavy atom. The summed E-state index contributed by atoms with van der Waals surface area (Å²) in [6.07, 6.45) is 1.69. The van der Waals surface area contributed by atoms with Crippen LogP contribution in [0.1, 0.15) is 17.0 Å². The highest BCUT2D eigenvalue weighted by molar-refractivity contribution is 6.15. The third-order valence-corrected chi connectivity index (χ3v) is 3.77. The molecule has 0 radical (unpaired) electrons. The quantitative estimate of drug-likeness (QED) is 0.364. The molecule has 0 aliphatic heterocycles. The van der Waals surface area contributed by atoms with Crippen LogP contribution in [0.15, 0.2) is 54.6 Å². The number of ether oxygens (including phenoxy) is 2. The van der Waals surface area contributed by atoms with Crippen LogP contribution in [-0.2, 0) is 9.53 Å². The average molecular weight is 364 g/mol. The van der Waals surface area contributed by atoms with Crippen LogP contribution in [0.3, 0.4) is 0 Å². The average Bonchev–Trinajstić information content (AvgIpc) is 3.11. The number of rotatable bonds is 7. The molecule has 0 aliphatic rings. The molecule has 0 aliphatic carbocycles. The number of hydrogen-bond donors (Lipinski definition) is 0. The van der Waals surface area contributed by atoms with Crippen molar-refractivity contribution in [3.05, 3.63) is 71.5 Å². The van der Waals surface area contributed by atoms with Gasteiger partial charge in [0.1, 0.15) is 19.0 Å². The molecule has 0 N–H and O–H groups in total. The van der Waals surface area contributed by atoms with Gasteiger partial charge in [0.05, 0.1) is 0 Å². The van der Waals surface area contributed by atoms with Gasteiger partial charge >= 0.3 is 5.97 Å². The molecule has 1 aromatic heterocycles. The van der Waals surface area contributed by atoms with Crippen molar-refractivity contribution in [2.24, 2.45) is 0 Å². The fourth-order valence-electron chi connectivity index (χ4n) is 2.37. The highest BCUT2D eigenvalue weighted by Crippen LogP contribution is 2.14. The summed E-state index contributed by atoms with van der Waals surface area (Å²) in [5.41, 5.74) is 2.23. The predicted molar refractivity (Wildman–Crippen MR) is 101 cm³/mol. The summed E-state index contributed by atoms with van der Waals surface area (Å²) in [5, 5.41) is 11.3. The molecule has 0 bridgehead atoms. The molecule has 0 saturated carbocycles. The SMILES string of the molecule is Cc1ccc(OCCOC(=O)/C(=C/c2ccccc2)n2nnnc2C)cc1. The number of tetrazole rings is 1. The molecule has 0 saturated heterocycles. The van der Waals surface area contributed by atoms with Gasteiger partial charge in [-0.25, -0.2) is 4.79 Å². The van der Waals surface area contributed by atoms with Gasteiger partial charge in [-0.1, -0.05) is 48.0 Å². The van der Waals surface area contributed by atoms with E-state index in [0.717, 1.165) is 16.9 Å². The van der Waals surface area contributed by atoms with Gasteiger partial charge in [-0.3, -0.25) is 0 Å². The molecule has 0 spiro atoms. The number of aromatic nitrogens is 4. The van der Waals surface area contributed by atoms with E-state index < -0.39 is 5.97 Å². The lowest BCUT2D eigenvalue weighted by Crippen LogP contribution is -2.18. The minimum absolute atomic E-state index is 0.111. The Bertz CT molecular complexity index is 918. The molecule has 1 heterocycles. The summed E-state index contributed by atoms with van der Waals surface area (Å²) in [6, 6.07) is 17.1. The summed E-state index contributed by atoms with van der Waals surface area (Å²) < 4.78 is 12.3. The Labute approximate surface area is 157 Å². The highest BCUT2D eigenvalue weighted by Gasteiger charge is 2.17. The highest BCUT2D eigenvalue weighted by atomic mass is 16.6. The summed E-state index contributed by atoms with van der Waals surface area (Å²) >= 11 is 0. The summed E-state index contributed by atoms with van der Waals surface area (Å²) in [4.78, 5) is 12.6. The standard InChI is InChI=1S/C20H20N4O3/c1-15-8-10-18(11-9-15)26-12-13-27-20(25)19(24-16(2)21-22-23-24)14-17-6-4-3-5-7-17/h3-11,14H,12-13H2,1-2H3/b19-14-. The van der Waals surface area contributed by atoms with Crippen molar-refractivity contribution >= 4 is 17.7 Å². The number of benzene rings is 2. The Morgan fingerprint density at radius 3 is 2.44 bits per heavy atom. The lowest BCUT2D eigenvalue weighted by molar-refractivity contribution is -0.137. The lowest BCUT2D eigenvalue weighted by Gasteiger charge is -2.10. The van der Waals surface area contributed by atoms with Crippen molar-refractivity contribution in [2.45, 2.75) is 13.8 Å². The number of carbonyl (C=O) groups is 1. The second-order valence-electron chi connectivity index (χ2n) is 5.88. The first-order chi connectivity index (χ1) is 13.1. The van der Waals surface area contributed by atoms with E-state index in [1.54, 1.807) is 13.0 Å². The lowest BCUT2D eigenvalue weighted by atomic mass is 10.2. The Kier molecular flexibility index (Phi) is 5.94. The van der Waals surface area contributed by atoms with Crippen molar-refractivity contribution in [3.8, 4) is 5.75 Å². The Hall–Kier alpha value is -3.48. The molecule has 0 unspecified atom stereocenters. The van der Waals surface area contributed by atoms with Gasteiger partial charge in [-0.2, -0.15) is 4.68 Å². The molecule has 3 aromatic rings. The maximum atomic E-state index is 12.6. The third-order valence-electron chi connectivity index (χ3n) is 3.77. The van der Waals surface area contributed by atoms with Gasteiger partial charge in [-0.05, 0) is 48.0 Å². The maximum Gasteiger partial charge on any atom is 0.357 e. The van der Waals surface area contributed by atoms with Gasteiger partial charge in [0.25, 0.3) is 0 Å². The van der Waals surface area contributed by atoms with Crippen LogP contribution in [-0.4, -0.2) is 39.4 Å². The van der Waals surface area contributed by atoms with Crippen LogP contribution in [0.5, 0.6) is 5.75 Å². The second-order valence-corrected chi connectivity index (χ2v) is 5.88. The number of aryl methyl sites for hydroxylation is 2. The van der Waals surface area contributed by atoms with E-state index >= 15 is 0 Å². The zero-order chi connectivity index (χ0) is 19.1. The van der Waals surface area contributed by atoms with Crippen molar-refractivity contribution in [1.82, 2.24) is 20.2 Å². The van der Waals surface area contributed by atoms with Crippen LogP contribution >= 0.6 is 0 Å². The van der Waals surface area contributed by atoms with Crippen molar-refractivity contribution in [1.29, 1.82) is 0 Å². The fourth-order valence-corrected chi connectivity index (χ4v) is 2.37. The van der Waals surface area contributed by atoms with E-state index in [4.69, 9.17) is 9.47 Å². The number of carbonyl (C=O) groups excluding carboxylic acids is 1. The largest absolute Gasteiger partial charge is 0.490 e. The maximum absolute atomic E-state index is 12.6. The monoisotopic (exact) mass is 364 g/mol. The minimum Gasteiger partial charge on any atom is -0.490 e. The van der Waals surface area contributed by atoms with E-state index in [9.17, 15) is 4.79 Å². The topological polar surface area (TPSA) is 79.1 Å². The van der Waals surface area contributed by atoms with E-state index in [-0.39, 0.29) is 18.9 Å². The molecule has 0 amide bonds. The van der Waals surface area contributed by atoms with Crippen LogP contribution in [0.4, 0.5) is 0 Å². The molecule has 27 heavy (non-hydrogen) atoms. The predicted octanol–water partition coefficient (Wildman–Crippen LogP) is 2.91. The normalized spacial score (nSPS) is 11.3. The molecule has 2 aromatic carbocycles. The third kappa shape index (κ3) is 5.01. The Balaban J connectivity index is 1.65. The van der Waals surface area contributed by atoms with Crippen molar-refractivity contribution in [2.75, 3.05) is 13.2 Å². The summed E-state index contributed by atoms with van der Waals surface area (Å²) in [7, 11) is 0. The second kappa shape index (κ2) is 8.75. The van der Waals surface area contributed by atoms with Crippen LogP contribution < -0.4 is 4.74 Å². The van der Waals surface area contributed by atoms with Crippen LogP contribution in [0.25, 0.3) is 11.8 Å². The van der Waals surface area contributed by atoms with Gasteiger partial charge in [0.2, 0.25) is 0 Å². The molecule has 0 atom stereocenters. The smallest absolute Gasteiger partial charge is 0.357 e. The van der Waals surface area contributed by atoms with Gasteiger partial charge in [-0.15, -0.1) is 5.10 Å². The first-order valence-electron chi connectivity index (χ1n) is 8.52. The molecule has 3 rings (SSSR count). The number of hydrogen-bond acceptors (Lipinski definition) is 6. The molecular formula is C20H20N4O3. The van der Waals surface area contributed by atoms with Crippen LogP contribution in [0.2, 0.25) is 0 Å². The van der Waals surface area contributed by atoms with E-state index in [1.807, 2.05) is 61.5 Å². The Morgan fingerprint density at radius 1 is 1.04 bits per heavy atom. The molecular weight excluding hydrogens is 344 g/mol. The van der Waals surface area contributed by atoms with Gasteiger partial charge < -0.3 is 9.47 Å². The zero-order valence-electron chi connectivity index (χ0n) is 15.2. The minimum atomic E-state index is -0.526. The number of nitrogens with zero attached hydrogens (tertiary/aromatic N) is 4. The molecule has 7 nitrogen and oxygen atoms in total. The van der Waals surface area contributed by atoms with Gasteiger partial charge in [0, 0.05) is 0 Å². The number of esters is 1. The molecule has 138 valence electrons.